The summed E-state index contributed by atoms with van der Waals surface area (Å²) in [7, 11) is 0. The molecule has 0 aromatic rings. The Labute approximate surface area is 79.5 Å². The smallest absolute Gasteiger partial charge is 0.313 e. The van der Waals surface area contributed by atoms with Crippen molar-refractivity contribution < 1.29 is 14.3 Å². The Bertz CT molecular complexity index is 187. The van der Waals surface area contributed by atoms with Crippen LogP contribution in [0.3, 0.4) is 0 Å². The molecule has 3 heteroatoms. The number of esters is 1. The molecule has 13 heavy (non-hydrogen) atoms. The van der Waals surface area contributed by atoms with Crippen LogP contribution in [0.5, 0.6) is 0 Å². The lowest BCUT2D eigenvalue weighted by molar-refractivity contribution is -0.152. The molecule has 0 spiro atoms. The van der Waals surface area contributed by atoms with Crippen molar-refractivity contribution in [2.75, 3.05) is 0 Å². The van der Waals surface area contributed by atoms with E-state index in [0.717, 1.165) is 6.42 Å². The lowest BCUT2D eigenvalue weighted by Crippen LogP contribution is -2.22. The number of carbonyl (C=O) groups excluding carboxylic acids is 2. The third-order valence-corrected chi connectivity index (χ3v) is 2.16. The zero-order chi connectivity index (χ0) is 10.4. The van der Waals surface area contributed by atoms with Crippen LogP contribution >= 0.6 is 0 Å². The van der Waals surface area contributed by atoms with Crippen molar-refractivity contribution in [3.05, 3.63) is 0 Å². The van der Waals surface area contributed by atoms with E-state index in [9.17, 15) is 9.59 Å². The summed E-state index contributed by atoms with van der Waals surface area (Å²) in [5.74, 6) is -0.224. The van der Waals surface area contributed by atoms with Gasteiger partial charge in [-0.1, -0.05) is 20.3 Å². The molecule has 0 amide bonds. The molecule has 0 aliphatic heterocycles. The van der Waals surface area contributed by atoms with Gasteiger partial charge in [-0.25, -0.2) is 0 Å². The second-order valence-corrected chi connectivity index (χ2v) is 3.46. The second kappa shape index (κ2) is 5.73. The van der Waals surface area contributed by atoms with Gasteiger partial charge in [0.2, 0.25) is 0 Å². The first kappa shape index (κ1) is 12.1. The monoisotopic (exact) mass is 186 g/mol. The maximum atomic E-state index is 11.0. The quantitative estimate of drug-likeness (QED) is 0.487. The van der Waals surface area contributed by atoms with E-state index in [1.807, 2.05) is 20.8 Å². The predicted molar refractivity (Wildman–Crippen MR) is 50.3 cm³/mol. The van der Waals surface area contributed by atoms with E-state index in [2.05, 4.69) is 0 Å². The molecule has 0 bridgehead atoms. The maximum Gasteiger partial charge on any atom is 0.313 e. The molecule has 0 aliphatic rings. The largest absolute Gasteiger partial charge is 0.462 e. The Morgan fingerprint density at radius 2 is 1.85 bits per heavy atom. The number of rotatable bonds is 5. The average molecular weight is 186 g/mol. The Hall–Kier alpha value is -0.860. The number of carbonyl (C=O) groups is 2. The van der Waals surface area contributed by atoms with Crippen molar-refractivity contribution >= 4 is 11.8 Å². The van der Waals surface area contributed by atoms with Crippen LogP contribution in [0.2, 0.25) is 0 Å². The highest BCUT2D eigenvalue weighted by atomic mass is 16.5. The third kappa shape index (κ3) is 5.39. The molecule has 0 N–H and O–H groups in total. The predicted octanol–water partition coefficient (Wildman–Crippen LogP) is 1.94. The van der Waals surface area contributed by atoms with Crippen molar-refractivity contribution in [1.82, 2.24) is 0 Å². The number of hydrogen-bond acceptors (Lipinski definition) is 3. The van der Waals surface area contributed by atoms with Crippen LogP contribution < -0.4 is 0 Å². The van der Waals surface area contributed by atoms with Crippen LogP contribution in [-0.2, 0) is 14.3 Å². The summed E-state index contributed by atoms with van der Waals surface area (Å²) < 4.78 is 5.05. The first-order valence-corrected chi connectivity index (χ1v) is 4.66. The highest BCUT2D eigenvalue weighted by Gasteiger charge is 2.15. The minimum Gasteiger partial charge on any atom is -0.462 e. The van der Waals surface area contributed by atoms with Gasteiger partial charge in [-0.15, -0.1) is 0 Å². The van der Waals surface area contributed by atoms with Crippen molar-refractivity contribution in [3.8, 4) is 0 Å². The van der Waals surface area contributed by atoms with E-state index >= 15 is 0 Å². The minimum absolute atomic E-state index is 0.100. The zero-order valence-corrected chi connectivity index (χ0v) is 8.79. The molecule has 0 saturated carbocycles. The van der Waals surface area contributed by atoms with Gasteiger partial charge < -0.3 is 4.74 Å². The third-order valence-electron chi connectivity index (χ3n) is 2.16. The van der Waals surface area contributed by atoms with E-state index in [1.165, 1.54) is 6.92 Å². The van der Waals surface area contributed by atoms with Crippen LogP contribution in [0.25, 0.3) is 0 Å². The molecular weight excluding hydrogens is 168 g/mol. The van der Waals surface area contributed by atoms with Crippen LogP contribution in [0.15, 0.2) is 0 Å². The molecule has 0 radical (unpaired) electrons. The van der Waals surface area contributed by atoms with Gasteiger partial charge in [-0.05, 0) is 19.8 Å². The molecular formula is C10H18O3. The molecule has 0 heterocycles. The van der Waals surface area contributed by atoms with Crippen LogP contribution in [0, 0.1) is 5.92 Å². The molecule has 0 rings (SSSR count). The lowest BCUT2D eigenvalue weighted by Gasteiger charge is -2.18. The van der Waals surface area contributed by atoms with E-state index in [-0.39, 0.29) is 18.3 Å². The first-order chi connectivity index (χ1) is 5.97. The zero-order valence-electron chi connectivity index (χ0n) is 8.79. The standard InChI is InChI=1S/C10H18O3/c1-5-7(2)9(4)13-10(12)6-8(3)11/h7,9H,5-6H2,1-4H3. The molecule has 2 atom stereocenters. The summed E-state index contributed by atoms with van der Waals surface area (Å²) in [4.78, 5) is 21.6. The molecule has 76 valence electrons. The first-order valence-electron chi connectivity index (χ1n) is 4.66. The molecule has 0 fully saturated rings. The SMILES string of the molecule is CCC(C)C(C)OC(=O)CC(C)=O. The number of hydrogen-bond donors (Lipinski definition) is 0. The van der Waals surface area contributed by atoms with Gasteiger partial charge in [0.25, 0.3) is 0 Å². The normalized spacial score (nSPS) is 14.8. The summed E-state index contributed by atoms with van der Waals surface area (Å²) >= 11 is 0. The summed E-state index contributed by atoms with van der Waals surface area (Å²) in [6.45, 7) is 7.30. The average Bonchev–Trinajstić information content (AvgIpc) is 2.01. The van der Waals surface area contributed by atoms with E-state index in [1.54, 1.807) is 0 Å². The van der Waals surface area contributed by atoms with Gasteiger partial charge >= 0.3 is 5.97 Å². The van der Waals surface area contributed by atoms with Gasteiger partial charge in [-0.3, -0.25) is 9.59 Å². The number of ketones is 1. The summed E-state index contributed by atoms with van der Waals surface area (Å²) in [5.41, 5.74) is 0. The Morgan fingerprint density at radius 3 is 2.23 bits per heavy atom. The Balaban J connectivity index is 3.84. The van der Waals surface area contributed by atoms with Crippen LogP contribution in [-0.4, -0.2) is 17.9 Å². The van der Waals surface area contributed by atoms with Gasteiger partial charge in [0.15, 0.2) is 0 Å². The fourth-order valence-electron chi connectivity index (χ4n) is 0.900. The van der Waals surface area contributed by atoms with Gasteiger partial charge in [0, 0.05) is 0 Å². The lowest BCUT2D eigenvalue weighted by atomic mass is 10.0. The van der Waals surface area contributed by atoms with Gasteiger partial charge in [0.05, 0.1) is 0 Å². The van der Waals surface area contributed by atoms with Gasteiger partial charge in [-0.2, -0.15) is 0 Å². The summed E-state index contributed by atoms with van der Waals surface area (Å²) in [6, 6.07) is 0. The van der Waals surface area contributed by atoms with Crippen molar-refractivity contribution in [1.29, 1.82) is 0 Å². The fraction of sp³-hybridized carbons (Fsp3) is 0.800. The Kier molecular flexibility index (Phi) is 5.35. The van der Waals surface area contributed by atoms with E-state index in [4.69, 9.17) is 4.74 Å². The van der Waals surface area contributed by atoms with Crippen LogP contribution in [0.4, 0.5) is 0 Å². The fourth-order valence-corrected chi connectivity index (χ4v) is 0.900. The molecule has 0 aromatic heterocycles. The summed E-state index contributed by atoms with van der Waals surface area (Å²) in [6.07, 6.45) is 0.756. The highest BCUT2D eigenvalue weighted by molar-refractivity contribution is 5.94. The second-order valence-electron chi connectivity index (χ2n) is 3.46. The molecule has 2 unspecified atom stereocenters. The minimum atomic E-state index is -0.416. The Morgan fingerprint density at radius 1 is 1.31 bits per heavy atom. The molecule has 0 aliphatic carbocycles. The topological polar surface area (TPSA) is 43.4 Å². The summed E-state index contributed by atoms with van der Waals surface area (Å²) in [5, 5.41) is 0. The maximum absolute atomic E-state index is 11.0. The van der Waals surface area contributed by atoms with E-state index in [0.29, 0.717) is 5.92 Å². The van der Waals surface area contributed by atoms with Crippen LogP contribution in [0.1, 0.15) is 40.5 Å². The van der Waals surface area contributed by atoms with E-state index < -0.39 is 5.97 Å². The number of Topliss-reactive ketones (excluding diaryl/α,β-unsaturated/α-hetero) is 1. The molecule has 0 aromatic carbocycles. The number of ether oxygens (including phenoxy) is 1. The molecule has 0 saturated heterocycles. The molecule has 3 nitrogen and oxygen atoms in total. The van der Waals surface area contributed by atoms with Crippen molar-refractivity contribution in [3.63, 3.8) is 0 Å². The highest BCUT2D eigenvalue weighted by Crippen LogP contribution is 2.11. The van der Waals surface area contributed by atoms with Gasteiger partial charge in [0.1, 0.15) is 18.3 Å². The van der Waals surface area contributed by atoms with Crippen molar-refractivity contribution in [2.45, 2.75) is 46.6 Å². The van der Waals surface area contributed by atoms with Crippen molar-refractivity contribution in [2.24, 2.45) is 5.92 Å².